The maximum atomic E-state index is 12.6. The van der Waals surface area contributed by atoms with Crippen molar-refractivity contribution in [3.05, 3.63) is 35.6 Å². The van der Waals surface area contributed by atoms with E-state index >= 15 is 0 Å². The number of H-pyrrole nitrogens is 1. The quantitative estimate of drug-likeness (QED) is 0.844. The van der Waals surface area contributed by atoms with E-state index in [2.05, 4.69) is 4.98 Å². The van der Waals surface area contributed by atoms with Crippen LogP contribution in [0, 0.1) is 5.41 Å². The number of ether oxygens (including phenoxy) is 1. The van der Waals surface area contributed by atoms with Crippen molar-refractivity contribution < 1.29 is 14.3 Å². The number of carbonyl (C=O) groups is 2. The van der Waals surface area contributed by atoms with Crippen LogP contribution in [0.1, 0.15) is 42.0 Å². The molecule has 3 heterocycles. The maximum absolute atomic E-state index is 12.6. The Morgan fingerprint density at radius 2 is 2.11 bits per heavy atom. The van der Waals surface area contributed by atoms with E-state index in [1.807, 2.05) is 11.8 Å². The van der Waals surface area contributed by atoms with Crippen molar-refractivity contribution in [2.45, 2.75) is 26.7 Å². The number of carbonyl (C=O) groups excluding carboxylic acids is 2. The monoisotopic (exact) mass is 371 g/mol. The van der Waals surface area contributed by atoms with E-state index in [9.17, 15) is 9.59 Å². The summed E-state index contributed by atoms with van der Waals surface area (Å²) in [6.45, 7) is 5.53. The molecule has 0 saturated heterocycles. The van der Waals surface area contributed by atoms with E-state index in [0.29, 0.717) is 43.4 Å². The van der Waals surface area contributed by atoms with Crippen LogP contribution in [0.3, 0.4) is 0 Å². The van der Waals surface area contributed by atoms with Gasteiger partial charge >= 0.3 is 0 Å². The molecule has 0 bridgehead atoms. The maximum Gasteiger partial charge on any atom is 0.270 e. The molecule has 144 valence electrons. The molecule has 0 fully saturated rings. The second kappa shape index (κ2) is 7.69. The molecule has 0 aromatic carbocycles. The molecule has 0 aliphatic carbocycles. The summed E-state index contributed by atoms with van der Waals surface area (Å²) >= 11 is 0. The Labute approximate surface area is 157 Å². The third kappa shape index (κ3) is 3.60. The minimum absolute atomic E-state index is 0.0876. The lowest BCUT2D eigenvalue weighted by Crippen LogP contribution is -2.31. The lowest BCUT2D eigenvalue weighted by Gasteiger charge is -2.28. The number of amides is 1. The summed E-state index contributed by atoms with van der Waals surface area (Å²) in [4.78, 5) is 31.2. The Bertz CT molecular complexity index is 914. The first-order valence-electron chi connectivity index (χ1n) is 9.15. The van der Waals surface area contributed by atoms with Gasteiger partial charge in [0.25, 0.3) is 5.91 Å². The fourth-order valence-corrected chi connectivity index (χ4v) is 3.15. The normalized spacial score (nSPS) is 13.1. The fraction of sp³-hybridized carbons (Fsp3) is 0.421. The zero-order valence-corrected chi connectivity index (χ0v) is 15.9. The molecular weight excluding hydrogens is 346 g/mol. The number of anilines is 2. The zero-order valence-electron chi connectivity index (χ0n) is 15.9. The van der Waals surface area contributed by atoms with Crippen LogP contribution >= 0.6 is 0 Å². The minimum atomic E-state index is -0.124. The first kappa shape index (κ1) is 18.8. The highest BCUT2D eigenvalue weighted by atomic mass is 16.5. The Balaban J connectivity index is 1.93. The number of nitrogens with zero attached hydrogens (tertiary/aromatic N) is 3. The lowest BCUT2D eigenvalue weighted by molar-refractivity contribution is 0.0789. The van der Waals surface area contributed by atoms with E-state index in [4.69, 9.17) is 10.1 Å². The fourth-order valence-electron chi connectivity index (χ4n) is 3.15. The Morgan fingerprint density at radius 3 is 2.78 bits per heavy atom. The van der Waals surface area contributed by atoms with E-state index in [1.165, 1.54) is 4.57 Å². The van der Waals surface area contributed by atoms with Crippen molar-refractivity contribution in [1.29, 1.82) is 5.41 Å². The van der Waals surface area contributed by atoms with Gasteiger partial charge in [-0.05, 0) is 12.5 Å². The topological polar surface area (TPSA) is 94.4 Å². The van der Waals surface area contributed by atoms with Gasteiger partial charge in [0, 0.05) is 44.0 Å². The first-order chi connectivity index (χ1) is 13.0. The van der Waals surface area contributed by atoms with Gasteiger partial charge in [0.05, 0.1) is 6.54 Å². The smallest absolute Gasteiger partial charge is 0.270 e. The highest BCUT2D eigenvalue weighted by Crippen LogP contribution is 2.36. The average molecular weight is 371 g/mol. The number of hydrogen-bond donors (Lipinski definition) is 2. The van der Waals surface area contributed by atoms with Crippen LogP contribution in [0.2, 0.25) is 0 Å². The molecular formula is C19H25N5O3. The van der Waals surface area contributed by atoms with Crippen molar-refractivity contribution in [1.82, 2.24) is 14.5 Å². The molecule has 8 nitrogen and oxygen atoms in total. The van der Waals surface area contributed by atoms with Gasteiger partial charge < -0.3 is 19.5 Å². The highest BCUT2D eigenvalue weighted by Gasteiger charge is 2.25. The molecule has 2 N–H and O–H groups in total. The molecule has 0 saturated carbocycles. The van der Waals surface area contributed by atoms with Crippen molar-refractivity contribution in [2.24, 2.45) is 0 Å². The summed E-state index contributed by atoms with van der Waals surface area (Å²) < 4.78 is 7.03. The molecule has 0 unspecified atom stereocenters. The van der Waals surface area contributed by atoms with Crippen LogP contribution in [0.5, 0.6) is 5.75 Å². The van der Waals surface area contributed by atoms with Gasteiger partial charge in [0.1, 0.15) is 17.8 Å². The third-order valence-corrected chi connectivity index (χ3v) is 4.56. The van der Waals surface area contributed by atoms with Crippen molar-refractivity contribution in [3.8, 4) is 5.75 Å². The van der Waals surface area contributed by atoms with Gasteiger partial charge in [0.2, 0.25) is 5.91 Å². The van der Waals surface area contributed by atoms with Gasteiger partial charge in [-0.25, -0.2) is 0 Å². The Hall–Kier alpha value is -3.03. The number of fused-ring (bicyclic) bond motifs is 1. The second-order valence-corrected chi connectivity index (χ2v) is 6.51. The summed E-state index contributed by atoms with van der Waals surface area (Å²) in [6.07, 6.45) is 2.84. The lowest BCUT2D eigenvalue weighted by atomic mass is 10.3. The number of pyridine rings is 1. The molecule has 3 rings (SSSR count). The van der Waals surface area contributed by atoms with Gasteiger partial charge in [-0.3, -0.25) is 19.6 Å². The van der Waals surface area contributed by atoms with Crippen molar-refractivity contribution in [2.75, 3.05) is 31.6 Å². The average Bonchev–Trinajstić information content (AvgIpc) is 3.11. The van der Waals surface area contributed by atoms with Gasteiger partial charge in [0.15, 0.2) is 11.6 Å². The van der Waals surface area contributed by atoms with Crippen LogP contribution in [0.4, 0.5) is 11.5 Å². The van der Waals surface area contributed by atoms with E-state index < -0.39 is 0 Å². The number of aromatic nitrogens is 2. The summed E-state index contributed by atoms with van der Waals surface area (Å²) in [5, 5.41) is 8.14. The molecule has 1 amide bonds. The van der Waals surface area contributed by atoms with E-state index in [-0.39, 0.29) is 17.3 Å². The van der Waals surface area contributed by atoms with Crippen LogP contribution in [0.25, 0.3) is 0 Å². The number of nitrogens with one attached hydrogen (secondary N) is 2. The predicted octanol–water partition coefficient (Wildman–Crippen LogP) is 2.36. The van der Waals surface area contributed by atoms with Gasteiger partial charge in [-0.1, -0.05) is 13.8 Å². The summed E-state index contributed by atoms with van der Waals surface area (Å²) in [5.41, 5.74) is 1.37. The molecule has 1 aliphatic heterocycles. The molecule has 0 atom stereocenters. The third-order valence-electron chi connectivity index (χ3n) is 4.56. The molecule has 2 aromatic heterocycles. The first-order valence-corrected chi connectivity index (χ1v) is 9.15. The van der Waals surface area contributed by atoms with Crippen molar-refractivity contribution in [3.63, 3.8) is 0 Å². The summed E-state index contributed by atoms with van der Waals surface area (Å²) in [7, 11) is 1.78. The molecule has 8 heteroatoms. The molecule has 0 spiro atoms. The number of aromatic amines is 1. The second-order valence-electron chi connectivity index (χ2n) is 6.51. The van der Waals surface area contributed by atoms with E-state index in [0.717, 1.165) is 12.1 Å². The van der Waals surface area contributed by atoms with Crippen LogP contribution in [-0.4, -0.2) is 53.0 Å². The molecule has 27 heavy (non-hydrogen) atoms. The Morgan fingerprint density at radius 1 is 1.33 bits per heavy atom. The molecule has 2 aromatic rings. The van der Waals surface area contributed by atoms with Crippen LogP contribution < -0.4 is 15.1 Å². The van der Waals surface area contributed by atoms with E-state index in [1.54, 1.807) is 43.3 Å². The van der Waals surface area contributed by atoms with Gasteiger partial charge in [-0.2, -0.15) is 0 Å². The predicted molar refractivity (Wildman–Crippen MR) is 102 cm³/mol. The number of hydrogen-bond acceptors (Lipinski definition) is 5. The largest absolute Gasteiger partial charge is 0.488 e. The standard InChI is InChI=1S/C19H25N5O3/c1-4-7-22(3)19(26)14-12-15-18(21-14)23(9-10-27-15)13-6-8-24(16(20)11-13)17(25)5-2/h6,8,11-12,20-21H,4-5,7,9-10H2,1-3H3. The SMILES string of the molecule is CCCN(C)C(=O)c1cc2c([nH]1)N(c1ccn(C(=O)CC)c(=N)c1)CCO2. The molecule has 1 aliphatic rings. The minimum Gasteiger partial charge on any atom is -0.488 e. The highest BCUT2D eigenvalue weighted by molar-refractivity contribution is 5.94. The van der Waals surface area contributed by atoms with Crippen molar-refractivity contribution >= 4 is 23.3 Å². The zero-order chi connectivity index (χ0) is 19.6. The van der Waals surface area contributed by atoms with Crippen LogP contribution in [-0.2, 0) is 0 Å². The summed E-state index contributed by atoms with van der Waals surface area (Å²) in [6, 6.07) is 5.17. The summed E-state index contributed by atoms with van der Waals surface area (Å²) in [5.74, 6) is 1.09. The number of rotatable bonds is 5. The molecule has 0 radical (unpaired) electrons. The van der Waals surface area contributed by atoms with Crippen LogP contribution in [0.15, 0.2) is 24.4 Å². The van der Waals surface area contributed by atoms with Gasteiger partial charge in [-0.15, -0.1) is 0 Å². The Kier molecular flexibility index (Phi) is 5.34.